The molecule has 0 saturated heterocycles. The monoisotopic (exact) mass is 301 g/mol. The lowest BCUT2D eigenvalue weighted by Gasteiger charge is -2.26. The van der Waals surface area contributed by atoms with Crippen molar-refractivity contribution >= 4 is 5.97 Å². The van der Waals surface area contributed by atoms with E-state index in [0.29, 0.717) is 6.42 Å². The molecule has 2 unspecified atom stereocenters. The minimum absolute atomic E-state index is 0.211. The fourth-order valence-corrected chi connectivity index (χ4v) is 2.41. The predicted octanol–water partition coefficient (Wildman–Crippen LogP) is 3.72. The molecule has 21 heavy (non-hydrogen) atoms. The van der Waals surface area contributed by atoms with Gasteiger partial charge in [0.05, 0.1) is 0 Å². The van der Waals surface area contributed by atoms with Crippen molar-refractivity contribution in [1.29, 1.82) is 0 Å². The smallest absolute Gasteiger partial charge is 0.307 e. The minimum Gasteiger partial charge on any atom is -0.444 e. The Balaban J connectivity index is 3.53. The average molecular weight is 301 g/mol. The van der Waals surface area contributed by atoms with Crippen LogP contribution in [-0.4, -0.2) is 42.4 Å². The van der Waals surface area contributed by atoms with E-state index in [2.05, 4.69) is 6.92 Å². The summed E-state index contributed by atoms with van der Waals surface area (Å²) in [5.74, 6) is -0.211. The van der Waals surface area contributed by atoms with Gasteiger partial charge in [0.1, 0.15) is 6.10 Å². The van der Waals surface area contributed by atoms with Gasteiger partial charge in [0.15, 0.2) is 6.23 Å². The van der Waals surface area contributed by atoms with Crippen molar-refractivity contribution < 1.29 is 14.6 Å². The minimum atomic E-state index is -0.674. The third-order valence-corrected chi connectivity index (χ3v) is 3.66. The molecule has 4 nitrogen and oxygen atoms in total. The quantitative estimate of drug-likeness (QED) is 0.320. The molecule has 0 radical (unpaired) electrons. The Morgan fingerprint density at radius 2 is 1.48 bits per heavy atom. The second-order valence-corrected chi connectivity index (χ2v) is 6.16. The lowest BCUT2D eigenvalue weighted by molar-refractivity contribution is -0.167. The van der Waals surface area contributed by atoms with Gasteiger partial charge in [-0.3, -0.25) is 9.69 Å². The highest BCUT2D eigenvalue weighted by Gasteiger charge is 2.21. The number of aliphatic hydroxyl groups excluding tert-OH is 1. The molecule has 0 aliphatic rings. The van der Waals surface area contributed by atoms with Crippen LogP contribution < -0.4 is 0 Å². The number of likely N-dealkylation sites (N-methyl/N-ethyl adjacent to an activating group) is 1. The first-order chi connectivity index (χ1) is 9.99. The maximum absolute atomic E-state index is 11.7. The van der Waals surface area contributed by atoms with Crippen molar-refractivity contribution in [2.24, 2.45) is 0 Å². The van der Waals surface area contributed by atoms with Crippen molar-refractivity contribution in [3.63, 3.8) is 0 Å². The van der Waals surface area contributed by atoms with Crippen molar-refractivity contribution in [3.05, 3.63) is 0 Å². The van der Waals surface area contributed by atoms with Crippen molar-refractivity contribution in [2.75, 3.05) is 14.1 Å². The summed E-state index contributed by atoms with van der Waals surface area (Å²) in [7, 11) is 3.59. The van der Waals surface area contributed by atoms with Crippen LogP contribution in [0.25, 0.3) is 0 Å². The molecule has 0 aromatic rings. The van der Waals surface area contributed by atoms with Gasteiger partial charge in [0, 0.05) is 6.42 Å². The number of hydrogen-bond donors (Lipinski definition) is 1. The van der Waals surface area contributed by atoms with E-state index < -0.39 is 12.3 Å². The van der Waals surface area contributed by atoms with Gasteiger partial charge in [-0.05, 0) is 27.4 Å². The molecule has 126 valence electrons. The van der Waals surface area contributed by atoms with E-state index in [1.807, 2.05) is 0 Å². The van der Waals surface area contributed by atoms with Crippen LogP contribution in [0.3, 0.4) is 0 Å². The van der Waals surface area contributed by atoms with Crippen molar-refractivity contribution in [2.45, 2.75) is 90.4 Å². The van der Waals surface area contributed by atoms with Crippen LogP contribution in [0.2, 0.25) is 0 Å². The lowest BCUT2D eigenvalue weighted by atomic mass is 10.1. The van der Waals surface area contributed by atoms with Crippen LogP contribution in [0, 0.1) is 0 Å². The first-order valence-electron chi connectivity index (χ1n) is 8.53. The van der Waals surface area contributed by atoms with Gasteiger partial charge < -0.3 is 9.84 Å². The molecule has 0 spiro atoms. The second kappa shape index (κ2) is 13.1. The summed E-state index contributed by atoms with van der Waals surface area (Å²) in [6.45, 7) is 3.87. The van der Waals surface area contributed by atoms with E-state index >= 15 is 0 Å². The maximum atomic E-state index is 11.7. The molecule has 0 bridgehead atoms. The molecule has 0 aliphatic heterocycles. The average Bonchev–Trinajstić information content (AvgIpc) is 2.42. The number of nitrogens with zero attached hydrogens (tertiary/aromatic N) is 1. The fraction of sp³-hybridized carbons (Fsp3) is 0.941. The first-order valence-corrected chi connectivity index (χ1v) is 8.53. The van der Waals surface area contributed by atoms with Gasteiger partial charge in [-0.15, -0.1) is 0 Å². The van der Waals surface area contributed by atoms with Gasteiger partial charge in [0.25, 0.3) is 0 Å². The second-order valence-electron chi connectivity index (χ2n) is 6.16. The molecule has 0 amide bonds. The number of esters is 1. The summed E-state index contributed by atoms with van der Waals surface area (Å²) in [6.07, 6.45) is 10.3. The molecule has 0 saturated carbocycles. The summed E-state index contributed by atoms with van der Waals surface area (Å²) in [5, 5.41) is 9.54. The van der Waals surface area contributed by atoms with Crippen molar-refractivity contribution in [3.8, 4) is 0 Å². The van der Waals surface area contributed by atoms with Crippen LogP contribution in [0.15, 0.2) is 0 Å². The highest BCUT2D eigenvalue weighted by atomic mass is 16.6. The zero-order valence-corrected chi connectivity index (χ0v) is 14.4. The van der Waals surface area contributed by atoms with E-state index in [-0.39, 0.29) is 5.97 Å². The molecule has 1 N–H and O–H groups in total. The normalized spacial score (nSPS) is 14.2. The topological polar surface area (TPSA) is 49.8 Å². The number of unbranched alkanes of at least 4 members (excludes halogenated alkanes) is 8. The Kier molecular flexibility index (Phi) is 12.7. The number of carbonyl (C=O) groups is 1. The van der Waals surface area contributed by atoms with E-state index in [9.17, 15) is 9.90 Å². The fourth-order valence-electron chi connectivity index (χ4n) is 2.41. The van der Waals surface area contributed by atoms with E-state index in [4.69, 9.17) is 4.74 Å². The lowest BCUT2D eigenvalue weighted by Crippen LogP contribution is -2.41. The number of aliphatic hydroxyl groups is 1. The van der Waals surface area contributed by atoms with Gasteiger partial charge in [-0.2, -0.15) is 0 Å². The molecule has 0 aromatic heterocycles. The molecule has 0 aliphatic carbocycles. The largest absolute Gasteiger partial charge is 0.444 e. The highest BCUT2D eigenvalue weighted by molar-refractivity contribution is 5.69. The summed E-state index contributed by atoms with van der Waals surface area (Å²) in [4.78, 5) is 13.4. The number of carbonyl (C=O) groups excluding carboxylic acids is 1. The third kappa shape index (κ3) is 11.7. The molecular formula is C17H35NO3. The van der Waals surface area contributed by atoms with E-state index in [0.717, 1.165) is 12.8 Å². The van der Waals surface area contributed by atoms with Crippen LogP contribution in [0.1, 0.15) is 78.1 Å². The Morgan fingerprint density at radius 1 is 1.00 bits per heavy atom. The van der Waals surface area contributed by atoms with Crippen molar-refractivity contribution in [1.82, 2.24) is 4.90 Å². The molecule has 4 heteroatoms. The molecule has 0 aromatic carbocycles. The standard InChI is InChI=1S/C17H35NO3/c1-5-6-7-8-9-10-11-12-13-14-16(20)21-17(15(2)19)18(3)4/h15,17,19H,5-14H2,1-4H3. The van der Waals surface area contributed by atoms with Crippen LogP contribution in [-0.2, 0) is 9.53 Å². The Morgan fingerprint density at radius 3 is 1.90 bits per heavy atom. The molecule has 0 heterocycles. The summed E-state index contributed by atoms with van der Waals surface area (Å²) < 4.78 is 5.28. The summed E-state index contributed by atoms with van der Waals surface area (Å²) in [6, 6.07) is 0. The molecule has 0 rings (SSSR count). The molecule has 0 fully saturated rings. The Bertz CT molecular complexity index is 246. The van der Waals surface area contributed by atoms with E-state index in [1.54, 1.807) is 25.9 Å². The Hall–Kier alpha value is -0.610. The predicted molar refractivity (Wildman–Crippen MR) is 87.1 cm³/mol. The maximum Gasteiger partial charge on any atom is 0.307 e. The zero-order chi connectivity index (χ0) is 16.1. The van der Waals surface area contributed by atoms with Crippen LogP contribution in [0.4, 0.5) is 0 Å². The zero-order valence-electron chi connectivity index (χ0n) is 14.4. The van der Waals surface area contributed by atoms with Crippen LogP contribution in [0.5, 0.6) is 0 Å². The van der Waals surface area contributed by atoms with Gasteiger partial charge in [-0.25, -0.2) is 0 Å². The summed E-state index contributed by atoms with van der Waals surface area (Å²) in [5.41, 5.74) is 0. The van der Waals surface area contributed by atoms with E-state index in [1.165, 1.54) is 44.9 Å². The SMILES string of the molecule is CCCCCCCCCCCC(=O)OC(C(C)O)N(C)C. The number of hydrogen-bond acceptors (Lipinski definition) is 4. The Labute approximate surface area is 130 Å². The van der Waals surface area contributed by atoms with Gasteiger partial charge in [0.2, 0.25) is 0 Å². The van der Waals surface area contributed by atoms with Gasteiger partial charge in [-0.1, -0.05) is 58.3 Å². The highest BCUT2D eigenvalue weighted by Crippen LogP contribution is 2.11. The van der Waals surface area contributed by atoms with Crippen LogP contribution >= 0.6 is 0 Å². The molecular weight excluding hydrogens is 266 g/mol. The third-order valence-electron chi connectivity index (χ3n) is 3.66. The number of rotatable bonds is 13. The first kappa shape index (κ1) is 20.4. The number of ether oxygens (including phenoxy) is 1. The molecule has 2 atom stereocenters. The van der Waals surface area contributed by atoms with Gasteiger partial charge >= 0.3 is 5.97 Å². The summed E-state index contributed by atoms with van der Waals surface area (Å²) >= 11 is 0.